The molecule has 3 heterocycles. The summed E-state index contributed by atoms with van der Waals surface area (Å²) in [6, 6.07) is 9.31. The molecule has 0 spiro atoms. The zero-order valence-corrected chi connectivity index (χ0v) is 17.2. The second kappa shape index (κ2) is 8.06. The third-order valence-electron chi connectivity index (χ3n) is 5.42. The van der Waals surface area contributed by atoms with Crippen molar-refractivity contribution in [1.82, 2.24) is 24.8 Å². The minimum absolute atomic E-state index is 0.0229. The van der Waals surface area contributed by atoms with Crippen LogP contribution in [0.15, 0.2) is 48.9 Å². The van der Waals surface area contributed by atoms with E-state index in [0.29, 0.717) is 24.5 Å². The van der Waals surface area contributed by atoms with E-state index >= 15 is 0 Å². The van der Waals surface area contributed by atoms with Crippen LogP contribution in [0.2, 0.25) is 0 Å². The highest BCUT2D eigenvalue weighted by Crippen LogP contribution is 2.30. The van der Waals surface area contributed by atoms with E-state index in [2.05, 4.69) is 20.3 Å². The molecule has 30 heavy (non-hydrogen) atoms. The van der Waals surface area contributed by atoms with E-state index in [0.717, 1.165) is 17.1 Å². The van der Waals surface area contributed by atoms with Crippen molar-refractivity contribution in [2.45, 2.75) is 38.8 Å². The van der Waals surface area contributed by atoms with Gasteiger partial charge in [-0.1, -0.05) is 37.3 Å². The van der Waals surface area contributed by atoms with Gasteiger partial charge in [0.25, 0.3) is 11.8 Å². The molecule has 3 aromatic rings. The summed E-state index contributed by atoms with van der Waals surface area (Å²) in [5.41, 5.74) is 2.18. The van der Waals surface area contributed by atoms with Crippen LogP contribution in [-0.4, -0.2) is 44.4 Å². The fourth-order valence-electron chi connectivity index (χ4n) is 3.76. The van der Waals surface area contributed by atoms with Gasteiger partial charge in [0.1, 0.15) is 17.6 Å². The number of hydrogen-bond acceptors (Lipinski definition) is 5. The summed E-state index contributed by atoms with van der Waals surface area (Å²) in [6.45, 7) is 4.47. The van der Waals surface area contributed by atoms with Crippen molar-refractivity contribution >= 4 is 17.6 Å². The number of nitrogens with one attached hydrogen (secondary N) is 1. The highest BCUT2D eigenvalue weighted by molar-refractivity contribution is 6.01. The number of anilines is 1. The molecule has 2 atom stereocenters. The molecule has 8 heteroatoms. The summed E-state index contributed by atoms with van der Waals surface area (Å²) >= 11 is 0. The molecule has 154 valence electrons. The Morgan fingerprint density at radius 2 is 1.93 bits per heavy atom. The van der Waals surface area contributed by atoms with Crippen molar-refractivity contribution < 1.29 is 9.59 Å². The van der Waals surface area contributed by atoms with Crippen molar-refractivity contribution in [3.8, 4) is 0 Å². The van der Waals surface area contributed by atoms with Crippen LogP contribution in [0.1, 0.15) is 46.8 Å². The normalized spacial score (nSPS) is 18.6. The van der Waals surface area contributed by atoms with Gasteiger partial charge in [0, 0.05) is 38.1 Å². The average molecular weight is 404 g/mol. The second-order valence-electron chi connectivity index (χ2n) is 7.61. The number of imidazole rings is 1. The lowest BCUT2D eigenvalue weighted by molar-refractivity contribution is -0.120. The molecule has 1 N–H and O–H groups in total. The monoisotopic (exact) mass is 404 g/mol. The average Bonchev–Trinajstić information content (AvgIpc) is 3.09. The molecular weight excluding hydrogens is 380 g/mol. The van der Waals surface area contributed by atoms with Gasteiger partial charge in [0.2, 0.25) is 0 Å². The minimum atomic E-state index is -0.673. The maximum Gasteiger partial charge on any atom is 0.272 e. The largest absolute Gasteiger partial charge is 0.339 e. The van der Waals surface area contributed by atoms with Crippen LogP contribution in [0.3, 0.4) is 0 Å². The van der Waals surface area contributed by atoms with E-state index in [1.54, 1.807) is 25.6 Å². The van der Waals surface area contributed by atoms with Gasteiger partial charge in [0.15, 0.2) is 5.82 Å². The van der Waals surface area contributed by atoms with E-state index < -0.39 is 6.04 Å². The van der Waals surface area contributed by atoms with Gasteiger partial charge in [0.05, 0.1) is 5.69 Å². The van der Waals surface area contributed by atoms with Gasteiger partial charge >= 0.3 is 0 Å². The fourth-order valence-corrected chi connectivity index (χ4v) is 3.76. The zero-order valence-electron chi connectivity index (χ0n) is 17.2. The summed E-state index contributed by atoms with van der Waals surface area (Å²) in [5, 5.41) is 2.86. The van der Waals surface area contributed by atoms with E-state index in [-0.39, 0.29) is 17.7 Å². The number of aryl methyl sites for hydroxylation is 1. The van der Waals surface area contributed by atoms with Gasteiger partial charge in [-0.3, -0.25) is 19.5 Å². The molecule has 0 radical (unpaired) electrons. The molecule has 4 rings (SSSR count). The number of hydrogen-bond donors (Lipinski definition) is 1. The Morgan fingerprint density at radius 3 is 2.70 bits per heavy atom. The Balaban J connectivity index is 1.51. The molecule has 2 aromatic heterocycles. The number of fused-ring (bicyclic) bond motifs is 1. The molecule has 1 aromatic carbocycles. The Morgan fingerprint density at radius 1 is 1.20 bits per heavy atom. The highest BCUT2D eigenvalue weighted by atomic mass is 16.2. The zero-order chi connectivity index (χ0) is 21.3. The lowest BCUT2D eigenvalue weighted by Gasteiger charge is -2.20. The molecule has 2 amide bonds. The van der Waals surface area contributed by atoms with Crippen LogP contribution in [0.4, 0.5) is 5.82 Å². The number of nitrogens with zero attached hydrogens (tertiary/aromatic N) is 5. The first-order valence-electron chi connectivity index (χ1n) is 9.91. The summed E-state index contributed by atoms with van der Waals surface area (Å²) < 4.78 is 1.93. The molecule has 0 saturated carbocycles. The van der Waals surface area contributed by atoms with Crippen LogP contribution in [-0.2, 0) is 11.3 Å². The predicted molar refractivity (Wildman–Crippen MR) is 112 cm³/mol. The number of amides is 2. The molecule has 0 bridgehead atoms. The SMILES string of the molecule is Cc1nc(C(=O)N[C@H]2C[C@H](C)c3nccnc3N(C)C2=O)cn1Cc1ccccc1. The molecule has 0 fully saturated rings. The Labute approximate surface area is 175 Å². The molecule has 0 saturated heterocycles. The van der Waals surface area contributed by atoms with E-state index in [1.165, 1.54) is 4.90 Å². The lowest BCUT2D eigenvalue weighted by atomic mass is 9.99. The standard InChI is InChI=1S/C22H24N6O2/c1-14-11-17(22(30)27(3)20-19(14)23-9-10-24-20)26-21(29)18-13-28(15(2)25-18)12-16-7-5-4-6-8-16/h4-10,13-14,17H,11-12H2,1-3H3,(H,26,29)/t14-,17-/m0/s1. The first-order chi connectivity index (χ1) is 14.4. The van der Waals surface area contributed by atoms with E-state index in [1.807, 2.05) is 48.7 Å². The van der Waals surface area contributed by atoms with E-state index in [4.69, 9.17) is 0 Å². The Bertz CT molecular complexity index is 1080. The van der Waals surface area contributed by atoms with Crippen molar-refractivity contribution in [3.63, 3.8) is 0 Å². The van der Waals surface area contributed by atoms with Gasteiger partial charge in [-0.2, -0.15) is 0 Å². The van der Waals surface area contributed by atoms with Crippen LogP contribution in [0, 0.1) is 6.92 Å². The molecule has 8 nitrogen and oxygen atoms in total. The first kappa shape index (κ1) is 19.8. The highest BCUT2D eigenvalue weighted by Gasteiger charge is 2.34. The lowest BCUT2D eigenvalue weighted by Crippen LogP contribution is -2.47. The predicted octanol–water partition coefficient (Wildman–Crippen LogP) is 2.30. The number of rotatable bonds is 4. The Kier molecular flexibility index (Phi) is 5.31. The molecule has 1 aliphatic heterocycles. The second-order valence-corrected chi connectivity index (χ2v) is 7.61. The van der Waals surface area contributed by atoms with Gasteiger partial charge < -0.3 is 9.88 Å². The number of likely N-dealkylation sites (N-methyl/N-ethyl adjacent to an activating group) is 1. The summed E-state index contributed by atoms with van der Waals surface area (Å²) in [4.78, 5) is 40.4. The van der Waals surface area contributed by atoms with Crippen LogP contribution in [0.25, 0.3) is 0 Å². The summed E-state index contributed by atoms with van der Waals surface area (Å²) in [5.74, 6) is 0.674. The topological polar surface area (TPSA) is 93.0 Å². The van der Waals surface area contributed by atoms with Crippen molar-refractivity contribution in [2.24, 2.45) is 0 Å². The van der Waals surface area contributed by atoms with Crippen LogP contribution in [0.5, 0.6) is 0 Å². The summed E-state index contributed by atoms with van der Waals surface area (Å²) in [7, 11) is 1.66. The molecular formula is C22H24N6O2. The number of carbonyl (C=O) groups excluding carboxylic acids is 2. The third-order valence-corrected chi connectivity index (χ3v) is 5.42. The van der Waals surface area contributed by atoms with Crippen molar-refractivity contribution in [3.05, 3.63) is 71.7 Å². The smallest absolute Gasteiger partial charge is 0.272 e. The summed E-state index contributed by atoms with van der Waals surface area (Å²) in [6.07, 6.45) is 5.36. The van der Waals surface area contributed by atoms with Crippen molar-refractivity contribution in [2.75, 3.05) is 11.9 Å². The maximum atomic E-state index is 13.0. The van der Waals surface area contributed by atoms with E-state index in [9.17, 15) is 9.59 Å². The van der Waals surface area contributed by atoms with Crippen LogP contribution < -0.4 is 10.2 Å². The fraction of sp³-hybridized carbons (Fsp3) is 0.318. The first-order valence-corrected chi connectivity index (χ1v) is 9.91. The third kappa shape index (κ3) is 3.80. The van der Waals surface area contributed by atoms with Gasteiger partial charge in [-0.05, 0) is 18.9 Å². The molecule has 0 unspecified atom stereocenters. The van der Waals surface area contributed by atoms with Gasteiger partial charge in [-0.15, -0.1) is 0 Å². The quantitative estimate of drug-likeness (QED) is 0.720. The Hall–Kier alpha value is -3.55. The van der Waals surface area contributed by atoms with Crippen LogP contribution >= 0.6 is 0 Å². The number of carbonyl (C=O) groups is 2. The molecule has 0 aliphatic carbocycles. The van der Waals surface area contributed by atoms with Crippen molar-refractivity contribution in [1.29, 1.82) is 0 Å². The van der Waals surface area contributed by atoms with Gasteiger partial charge in [-0.25, -0.2) is 9.97 Å². The maximum absolute atomic E-state index is 13.0. The molecule has 1 aliphatic rings. The number of aromatic nitrogens is 4. The number of benzene rings is 1. The minimum Gasteiger partial charge on any atom is -0.339 e.